The van der Waals surface area contributed by atoms with Crippen LogP contribution in [0.4, 0.5) is 4.79 Å². The minimum Gasteiger partial charge on any atom is -0.459 e. The molecule has 3 heterocycles. The predicted molar refractivity (Wildman–Crippen MR) is 221 cm³/mol. The topological polar surface area (TPSA) is 207 Å². The minimum atomic E-state index is -4.11. The van der Waals surface area contributed by atoms with E-state index in [1.54, 1.807) is 53.7 Å². The van der Waals surface area contributed by atoms with Crippen LogP contribution in [-0.2, 0) is 29.1 Å². The molecule has 5 amide bonds. The molecule has 59 heavy (non-hydrogen) atoms. The molecule has 2 aliphatic heterocycles. The van der Waals surface area contributed by atoms with Crippen LogP contribution in [0.3, 0.4) is 0 Å². The fourth-order valence-electron chi connectivity index (χ4n) is 8.30. The van der Waals surface area contributed by atoms with Crippen LogP contribution < -0.4 is 25.4 Å². The number of rotatable bonds is 4. The lowest BCUT2D eigenvalue weighted by Crippen LogP contribution is -2.60. The molecule has 2 spiro atoms. The van der Waals surface area contributed by atoms with Crippen molar-refractivity contribution in [1.29, 1.82) is 0 Å². The molecular weight excluding hydrogens is 779 g/mol. The number of carbonyl (C=O) groups excluding carboxylic acids is 5. The standard InChI is InChI=1S/C42H61N7O9S/c1-10-26-23-42(26)36(53)47-59(55,56)41(19-20-41)18-13-11-12-14-21-43-33(50)28-16-15-17-29-31(28)44-37(49(29)25(2)3)57-27-22-30(34(51)46-42)48(24-27)35(52)32(39(4,5)6)45-38(54)58-40(7,8)9/h11-12,15-17,25-27,30,32H,10,13-14,18-24H2,1-9H3,(H,43,50)(H,45,54)(H,46,51)(H,47,53)/b12-11+/t26-,27-,30+,32-,42-/m1/s1. The van der Waals surface area contributed by atoms with Gasteiger partial charge in [-0.05, 0) is 96.6 Å². The Morgan fingerprint density at radius 1 is 1.05 bits per heavy atom. The lowest BCUT2D eigenvalue weighted by Gasteiger charge is -2.36. The Morgan fingerprint density at radius 2 is 1.75 bits per heavy atom. The quantitative estimate of drug-likeness (QED) is 0.314. The largest absolute Gasteiger partial charge is 0.459 e. The first-order valence-electron chi connectivity index (χ1n) is 20.8. The summed E-state index contributed by atoms with van der Waals surface area (Å²) in [6.45, 7) is 16.5. The fraction of sp³-hybridized carbons (Fsp3) is 0.667. The summed E-state index contributed by atoms with van der Waals surface area (Å²) in [5.41, 5.74) is -1.74. The molecule has 0 unspecified atom stereocenters. The molecule has 4 bridgehead atoms. The first-order chi connectivity index (χ1) is 27.5. The van der Waals surface area contributed by atoms with Crippen LogP contribution in [0.25, 0.3) is 11.0 Å². The zero-order valence-corrected chi connectivity index (χ0v) is 36.6. The third-order valence-electron chi connectivity index (χ3n) is 11.8. The molecule has 2 aromatic rings. The van der Waals surface area contributed by atoms with Crippen molar-refractivity contribution in [3.05, 3.63) is 35.9 Å². The molecule has 3 fully saturated rings. The predicted octanol–water partition coefficient (Wildman–Crippen LogP) is 4.64. The molecule has 1 aromatic heterocycles. The van der Waals surface area contributed by atoms with Gasteiger partial charge in [0.05, 0.1) is 22.4 Å². The Labute approximate surface area is 347 Å². The van der Waals surface area contributed by atoms with Gasteiger partial charge in [0, 0.05) is 19.0 Å². The van der Waals surface area contributed by atoms with Gasteiger partial charge < -0.3 is 30.3 Å². The average Bonchev–Trinajstić information content (AvgIpc) is 3.99. The molecule has 4 N–H and O–H groups in total. The van der Waals surface area contributed by atoms with E-state index in [4.69, 9.17) is 14.5 Å². The maximum Gasteiger partial charge on any atom is 0.408 e. The summed E-state index contributed by atoms with van der Waals surface area (Å²) < 4.78 is 42.8. The number of hydrogen-bond acceptors (Lipinski definition) is 10. The van der Waals surface area contributed by atoms with Gasteiger partial charge in [0.25, 0.3) is 17.8 Å². The van der Waals surface area contributed by atoms with Crippen LogP contribution >= 0.6 is 0 Å². The molecule has 5 atom stereocenters. The lowest BCUT2D eigenvalue weighted by molar-refractivity contribution is -0.143. The van der Waals surface area contributed by atoms with E-state index in [-0.39, 0.29) is 43.3 Å². The number of sulfonamides is 1. The first-order valence-corrected chi connectivity index (χ1v) is 22.3. The molecule has 16 nitrogen and oxygen atoms in total. The highest BCUT2D eigenvalue weighted by molar-refractivity contribution is 7.91. The monoisotopic (exact) mass is 839 g/mol. The van der Waals surface area contributed by atoms with E-state index < -0.39 is 73.3 Å². The van der Waals surface area contributed by atoms with Crippen LogP contribution in [0.5, 0.6) is 6.01 Å². The summed E-state index contributed by atoms with van der Waals surface area (Å²) in [5.74, 6) is -2.67. The van der Waals surface area contributed by atoms with Crippen molar-refractivity contribution in [2.75, 3.05) is 13.1 Å². The maximum atomic E-state index is 14.7. The number of imidazole rings is 1. The number of amides is 5. The number of benzene rings is 1. The van der Waals surface area contributed by atoms with Gasteiger partial charge in [-0.25, -0.2) is 13.2 Å². The second kappa shape index (κ2) is 16.1. The number of fused-ring (bicyclic) bond motifs is 3. The van der Waals surface area contributed by atoms with Crippen LogP contribution in [0, 0.1) is 11.3 Å². The van der Waals surface area contributed by atoms with E-state index in [9.17, 15) is 32.4 Å². The molecule has 4 aliphatic rings. The Kier molecular flexibility index (Phi) is 12.0. The van der Waals surface area contributed by atoms with Crippen molar-refractivity contribution in [1.82, 2.24) is 35.1 Å². The zero-order valence-electron chi connectivity index (χ0n) is 35.8. The van der Waals surface area contributed by atoms with E-state index in [0.717, 1.165) is 0 Å². The molecule has 1 saturated heterocycles. The second-order valence-electron chi connectivity index (χ2n) is 18.9. The number of hydrogen-bond donors (Lipinski definition) is 4. The number of aromatic nitrogens is 2. The smallest absolute Gasteiger partial charge is 0.408 e. The normalized spacial score (nSPS) is 27.1. The summed E-state index contributed by atoms with van der Waals surface area (Å²) in [7, 11) is -4.11. The van der Waals surface area contributed by atoms with Gasteiger partial charge in [-0.3, -0.25) is 28.5 Å². The van der Waals surface area contributed by atoms with Crippen LogP contribution in [0.2, 0.25) is 0 Å². The molecule has 324 valence electrons. The molecule has 6 rings (SSSR count). The number of para-hydroxylation sites is 1. The van der Waals surface area contributed by atoms with E-state index >= 15 is 0 Å². The van der Waals surface area contributed by atoms with Crippen molar-refractivity contribution in [2.24, 2.45) is 11.3 Å². The van der Waals surface area contributed by atoms with E-state index in [1.807, 2.05) is 43.6 Å². The van der Waals surface area contributed by atoms with Crippen molar-refractivity contribution < 1.29 is 41.9 Å². The van der Waals surface area contributed by atoms with Crippen LogP contribution in [0.15, 0.2) is 30.4 Å². The number of alkyl carbamates (subject to hydrolysis) is 1. The first kappa shape index (κ1) is 43.9. The maximum absolute atomic E-state index is 14.7. The van der Waals surface area contributed by atoms with Gasteiger partial charge in [0.2, 0.25) is 21.8 Å². The van der Waals surface area contributed by atoms with E-state index in [2.05, 4.69) is 20.7 Å². The highest BCUT2D eigenvalue weighted by Gasteiger charge is 2.64. The molecule has 0 radical (unpaired) electrons. The third kappa shape index (κ3) is 9.09. The summed E-state index contributed by atoms with van der Waals surface area (Å²) in [6, 6.07) is 3.03. The van der Waals surface area contributed by atoms with E-state index in [1.165, 1.54) is 4.90 Å². The Morgan fingerprint density at radius 3 is 2.36 bits per heavy atom. The van der Waals surface area contributed by atoms with Gasteiger partial charge in [-0.1, -0.05) is 52.3 Å². The minimum absolute atomic E-state index is 0.0155. The van der Waals surface area contributed by atoms with Crippen LogP contribution in [0.1, 0.15) is 130 Å². The summed E-state index contributed by atoms with van der Waals surface area (Å²) in [5, 5.41) is 8.59. The van der Waals surface area contributed by atoms with Crippen molar-refractivity contribution in [3.63, 3.8) is 0 Å². The van der Waals surface area contributed by atoms with E-state index in [0.29, 0.717) is 61.7 Å². The van der Waals surface area contributed by atoms with Gasteiger partial charge in [-0.2, -0.15) is 4.98 Å². The van der Waals surface area contributed by atoms with Gasteiger partial charge >= 0.3 is 6.09 Å². The fourth-order valence-corrected chi connectivity index (χ4v) is 9.97. The highest BCUT2D eigenvalue weighted by Crippen LogP contribution is 2.50. The van der Waals surface area contributed by atoms with Crippen molar-refractivity contribution >= 4 is 50.8 Å². The highest BCUT2D eigenvalue weighted by atomic mass is 32.2. The molecule has 2 aliphatic carbocycles. The Balaban J connectivity index is 1.40. The number of allylic oxidation sites excluding steroid dienone is 1. The average molecular weight is 840 g/mol. The number of ether oxygens (including phenoxy) is 2. The number of carbonyl (C=O) groups is 5. The third-order valence-corrected chi connectivity index (χ3v) is 14.0. The number of nitrogens with one attached hydrogen (secondary N) is 4. The SMILES string of the molecule is CC[C@@H]1C[C@@]12NC(=O)[C@@H]1C[C@H](CN1C(=O)[C@@H](NC(=O)OC(C)(C)C)C(C)(C)C)Oc1nc3c(cccc3n1C(C)C)C(=O)NCC/C=C/CCC1(CC1)S(=O)(=O)NC2=O. The van der Waals surface area contributed by atoms with Crippen molar-refractivity contribution in [3.8, 4) is 6.01 Å². The van der Waals surface area contributed by atoms with Gasteiger partial charge in [-0.15, -0.1) is 0 Å². The number of likely N-dealkylation sites (tertiary alicyclic amines) is 1. The number of nitrogens with zero attached hydrogens (tertiary/aromatic N) is 3. The van der Waals surface area contributed by atoms with Crippen molar-refractivity contribution in [2.45, 2.75) is 154 Å². The molecule has 2 saturated carbocycles. The summed E-state index contributed by atoms with van der Waals surface area (Å²) >= 11 is 0. The Hall–Kier alpha value is -4.67. The van der Waals surface area contributed by atoms with Gasteiger partial charge in [0.15, 0.2) is 0 Å². The molecular formula is C42H61N7O9S. The summed E-state index contributed by atoms with van der Waals surface area (Å²) in [4.78, 5) is 76.2. The Bertz CT molecular complexity index is 2130. The summed E-state index contributed by atoms with van der Waals surface area (Å²) in [6.07, 6.45) is 5.01. The van der Waals surface area contributed by atoms with Crippen LogP contribution in [-0.4, -0.2) is 99.8 Å². The second-order valence-corrected chi connectivity index (χ2v) is 21.0. The lowest BCUT2D eigenvalue weighted by atomic mass is 9.85. The molecule has 1 aromatic carbocycles. The molecule has 17 heteroatoms. The zero-order chi connectivity index (χ0) is 43.3. The van der Waals surface area contributed by atoms with Gasteiger partial charge in [0.1, 0.15) is 34.8 Å².